The minimum Gasteiger partial charge on any atom is -0.326 e. The normalized spacial score (nSPS) is 14.8. The molecule has 0 atom stereocenters. The fourth-order valence-corrected chi connectivity index (χ4v) is 2.34. The lowest BCUT2D eigenvalue weighted by Gasteiger charge is -2.09. The van der Waals surface area contributed by atoms with E-state index < -0.39 is 15.8 Å². The SMILES string of the molecule is CS(=O)(=O)Nc1cc(NC(=O)CCNC2CC2)ccc1F. The first-order chi connectivity index (χ1) is 9.83. The lowest BCUT2D eigenvalue weighted by molar-refractivity contribution is -0.116. The van der Waals surface area contributed by atoms with Crippen molar-refractivity contribution in [2.24, 2.45) is 0 Å². The van der Waals surface area contributed by atoms with Gasteiger partial charge < -0.3 is 10.6 Å². The Morgan fingerprint density at radius 2 is 2.10 bits per heavy atom. The van der Waals surface area contributed by atoms with E-state index in [2.05, 4.69) is 15.4 Å². The van der Waals surface area contributed by atoms with Crippen molar-refractivity contribution < 1.29 is 17.6 Å². The molecule has 1 aromatic carbocycles. The molecular formula is C13H18FN3O3S. The maximum Gasteiger partial charge on any atom is 0.229 e. The average molecular weight is 315 g/mol. The Kier molecular flexibility index (Phi) is 4.79. The topological polar surface area (TPSA) is 87.3 Å². The number of hydrogen-bond donors (Lipinski definition) is 3. The molecule has 2 rings (SSSR count). The summed E-state index contributed by atoms with van der Waals surface area (Å²) in [7, 11) is -3.57. The summed E-state index contributed by atoms with van der Waals surface area (Å²) >= 11 is 0. The molecule has 1 amide bonds. The van der Waals surface area contributed by atoms with Crippen molar-refractivity contribution in [3.63, 3.8) is 0 Å². The molecule has 1 aliphatic carbocycles. The van der Waals surface area contributed by atoms with Gasteiger partial charge in [0.15, 0.2) is 0 Å². The van der Waals surface area contributed by atoms with Gasteiger partial charge in [0, 0.05) is 24.7 Å². The molecule has 0 aliphatic heterocycles. The second-order valence-electron chi connectivity index (χ2n) is 5.10. The van der Waals surface area contributed by atoms with Crippen LogP contribution in [-0.2, 0) is 14.8 Å². The molecule has 1 aliphatic rings. The summed E-state index contributed by atoms with van der Waals surface area (Å²) < 4.78 is 37.8. The van der Waals surface area contributed by atoms with Crippen LogP contribution in [0.3, 0.4) is 0 Å². The molecule has 0 aromatic heterocycles. The smallest absolute Gasteiger partial charge is 0.229 e. The van der Waals surface area contributed by atoms with Gasteiger partial charge in [0.2, 0.25) is 15.9 Å². The molecule has 0 saturated heterocycles. The number of sulfonamides is 1. The summed E-state index contributed by atoms with van der Waals surface area (Å²) in [6.45, 7) is 0.589. The van der Waals surface area contributed by atoms with Crippen LogP contribution in [0.2, 0.25) is 0 Å². The van der Waals surface area contributed by atoms with Gasteiger partial charge in [0.05, 0.1) is 11.9 Å². The zero-order chi connectivity index (χ0) is 15.5. The van der Waals surface area contributed by atoms with Gasteiger partial charge in [0.25, 0.3) is 0 Å². The zero-order valence-electron chi connectivity index (χ0n) is 11.6. The summed E-state index contributed by atoms with van der Waals surface area (Å²) in [5, 5.41) is 5.82. The van der Waals surface area contributed by atoms with Crippen molar-refractivity contribution in [3.8, 4) is 0 Å². The molecular weight excluding hydrogens is 297 g/mol. The second-order valence-corrected chi connectivity index (χ2v) is 6.84. The van der Waals surface area contributed by atoms with Crippen LogP contribution < -0.4 is 15.4 Å². The molecule has 0 heterocycles. The predicted octanol–water partition coefficient (Wildman–Crippen LogP) is 1.28. The Bertz CT molecular complexity index is 630. The highest BCUT2D eigenvalue weighted by atomic mass is 32.2. The van der Waals surface area contributed by atoms with Crippen LogP contribution in [-0.4, -0.2) is 33.2 Å². The quantitative estimate of drug-likeness (QED) is 0.707. The minimum atomic E-state index is -3.57. The van der Waals surface area contributed by atoms with Crippen molar-refractivity contribution >= 4 is 27.3 Å². The third-order valence-electron chi connectivity index (χ3n) is 2.91. The summed E-state index contributed by atoms with van der Waals surface area (Å²) in [5.41, 5.74) is 0.158. The fourth-order valence-electron chi connectivity index (χ4n) is 1.78. The Morgan fingerprint density at radius 1 is 1.38 bits per heavy atom. The first kappa shape index (κ1) is 15.7. The van der Waals surface area contributed by atoms with Gasteiger partial charge in [-0.25, -0.2) is 12.8 Å². The molecule has 1 aromatic rings. The minimum absolute atomic E-state index is 0.189. The lowest BCUT2D eigenvalue weighted by Crippen LogP contribution is -2.23. The third kappa shape index (κ3) is 5.68. The largest absolute Gasteiger partial charge is 0.326 e. The van der Waals surface area contributed by atoms with E-state index in [1.165, 1.54) is 12.1 Å². The highest BCUT2D eigenvalue weighted by molar-refractivity contribution is 7.92. The van der Waals surface area contributed by atoms with E-state index in [-0.39, 0.29) is 11.6 Å². The van der Waals surface area contributed by atoms with Gasteiger partial charge in [0.1, 0.15) is 5.82 Å². The van der Waals surface area contributed by atoms with Crippen molar-refractivity contribution in [1.29, 1.82) is 0 Å². The van der Waals surface area contributed by atoms with Crippen LogP contribution in [0.25, 0.3) is 0 Å². The van der Waals surface area contributed by atoms with Gasteiger partial charge >= 0.3 is 0 Å². The van der Waals surface area contributed by atoms with Gasteiger partial charge in [-0.2, -0.15) is 0 Å². The molecule has 1 fully saturated rings. The standard InChI is InChI=1S/C13H18FN3O3S/c1-21(19,20)17-12-8-10(4-5-11(12)14)16-13(18)6-7-15-9-2-3-9/h4-5,8-9,15,17H,2-3,6-7H2,1H3,(H,16,18). The maximum absolute atomic E-state index is 13.5. The number of amides is 1. The molecule has 1 saturated carbocycles. The Labute approximate surface area is 123 Å². The fraction of sp³-hybridized carbons (Fsp3) is 0.462. The van der Waals surface area contributed by atoms with Gasteiger partial charge in [-0.1, -0.05) is 0 Å². The van der Waals surface area contributed by atoms with E-state index >= 15 is 0 Å². The summed E-state index contributed by atoms with van der Waals surface area (Å²) in [5.74, 6) is -0.908. The van der Waals surface area contributed by atoms with Crippen LogP contribution in [0, 0.1) is 5.82 Å². The van der Waals surface area contributed by atoms with Crippen LogP contribution in [0.1, 0.15) is 19.3 Å². The van der Waals surface area contributed by atoms with Crippen LogP contribution >= 0.6 is 0 Å². The lowest BCUT2D eigenvalue weighted by atomic mass is 10.2. The number of carbonyl (C=O) groups is 1. The molecule has 3 N–H and O–H groups in total. The summed E-state index contributed by atoms with van der Waals surface area (Å²) in [6.07, 6.45) is 3.55. The number of benzene rings is 1. The average Bonchev–Trinajstić information content (AvgIpc) is 3.16. The van der Waals surface area contributed by atoms with Crippen LogP contribution in [0.5, 0.6) is 0 Å². The molecule has 116 valence electrons. The monoisotopic (exact) mass is 315 g/mol. The highest BCUT2D eigenvalue weighted by Crippen LogP contribution is 2.21. The molecule has 0 bridgehead atoms. The molecule has 0 unspecified atom stereocenters. The van der Waals surface area contributed by atoms with E-state index in [4.69, 9.17) is 0 Å². The van der Waals surface area contributed by atoms with E-state index in [0.717, 1.165) is 25.2 Å². The van der Waals surface area contributed by atoms with Crippen molar-refractivity contribution in [3.05, 3.63) is 24.0 Å². The molecule has 0 radical (unpaired) electrons. The summed E-state index contributed by atoms with van der Waals surface area (Å²) in [6, 6.07) is 4.28. The van der Waals surface area contributed by atoms with Crippen molar-refractivity contribution in [2.45, 2.75) is 25.3 Å². The van der Waals surface area contributed by atoms with E-state index in [0.29, 0.717) is 24.7 Å². The molecule has 21 heavy (non-hydrogen) atoms. The van der Waals surface area contributed by atoms with E-state index in [9.17, 15) is 17.6 Å². The van der Waals surface area contributed by atoms with E-state index in [1.807, 2.05) is 0 Å². The van der Waals surface area contributed by atoms with Crippen LogP contribution in [0.15, 0.2) is 18.2 Å². The molecule has 6 nitrogen and oxygen atoms in total. The Hall–Kier alpha value is -1.67. The van der Waals surface area contributed by atoms with E-state index in [1.54, 1.807) is 0 Å². The first-order valence-corrected chi connectivity index (χ1v) is 8.53. The Balaban J connectivity index is 1.92. The Morgan fingerprint density at radius 3 is 2.71 bits per heavy atom. The zero-order valence-corrected chi connectivity index (χ0v) is 12.5. The number of halogens is 1. The van der Waals surface area contributed by atoms with Crippen LogP contribution in [0.4, 0.5) is 15.8 Å². The van der Waals surface area contributed by atoms with Gasteiger partial charge in [-0.3, -0.25) is 9.52 Å². The maximum atomic E-state index is 13.5. The molecule has 8 heteroatoms. The van der Waals surface area contributed by atoms with Gasteiger partial charge in [-0.05, 0) is 31.0 Å². The number of anilines is 2. The van der Waals surface area contributed by atoms with Crippen molar-refractivity contribution in [1.82, 2.24) is 5.32 Å². The predicted molar refractivity (Wildman–Crippen MR) is 79.1 cm³/mol. The summed E-state index contributed by atoms with van der Waals surface area (Å²) in [4.78, 5) is 11.7. The molecule has 0 spiro atoms. The number of rotatable bonds is 7. The first-order valence-electron chi connectivity index (χ1n) is 6.64. The number of nitrogens with one attached hydrogen (secondary N) is 3. The highest BCUT2D eigenvalue weighted by Gasteiger charge is 2.20. The van der Waals surface area contributed by atoms with Crippen molar-refractivity contribution in [2.75, 3.05) is 22.8 Å². The number of hydrogen-bond acceptors (Lipinski definition) is 4. The second kappa shape index (κ2) is 6.40. The third-order valence-corrected chi connectivity index (χ3v) is 3.50. The van der Waals surface area contributed by atoms with Gasteiger partial charge in [-0.15, -0.1) is 0 Å². The number of carbonyl (C=O) groups excluding carboxylic acids is 1.